The summed E-state index contributed by atoms with van der Waals surface area (Å²) in [7, 11) is 0. The largest absolute Gasteiger partial charge is 0.465 e. The molecular formula is C16H31NO3. The van der Waals surface area contributed by atoms with Crippen LogP contribution in [0.1, 0.15) is 55.4 Å². The highest BCUT2D eigenvalue weighted by Gasteiger charge is 2.42. The fraction of sp³-hybridized carbons (Fsp3) is 0.875. The molecule has 2 atom stereocenters. The van der Waals surface area contributed by atoms with E-state index < -0.39 is 5.60 Å². The first kappa shape index (κ1) is 19.1. The van der Waals surface area contributed by atoms with E-state index in [-0.39, 0.29) is 23.8 Å². The van der Waals surface area contributed by atoms with E-state index in [2.05, 4.69) is 32.7 Å². The van der Waals surface area contributed by atoms with Crippen molar-refractivity contribution in [2.24, 2.45) is 22.2 Å². The molecule has 118 valence electrons. The van der Waals surface area contributed by atoms with E-state index in [1.165, 1.54) is 0 Å². The highest BCUT2D eigenvalue weighted by Crippen LogP contribution is 2.41. The lowest BCUT2D eigenvalue weighted by atomic mass is 9.64. The van der Waals surface area contributed by atoms with Gasteiger partial charge in [-0.25, -0.2) is 0 Å². The molecule has 0 aromatic carbocycles. The van der Waals surface area contributed by atoms with E-state index in [1.807, 2.05) is 6.92 Å². The number of hydrogen-bond donors (Lipinski definition) is 1. The molecule has 0 saturated carbocycles. The first-order valence-electron chi connectivity index (χ1n) is 7.37. The van der Waals surface area contributed by atoms with Crippen LogP contribution in [0.25, 0.3) is 0 Å². The minimum atomic E-state index is -1.04. The molecular weight excluding hydrogens is 254 g/mol. The van der Waals surface area contributed by atoms with Crippen LogP contribution in [-0.2, 0) is 9.53 Å². The Morgan fingerprint density at radius 3 is 2.15 bits per heavy atom. The van der Waals surface area contributed by atoms with Crippen molar-refractivity contribution >= 4 is 11.7 Å². The molecule has 0 rings (SSSR count). The van der Waals surface area contributed by atoms with Gasteiger partial charge in [0.15, 0.2) is 0 Å². The quantitative estimate of drug-likeness (QED) is 0.577. The van der Waals surface area contributed by atoms with Crippen LogP contribution in [0.3, 0.4) is 0 Å². The maximum Gasteiger partial charge on any atom is 0.327 e. The Kier molecular flexibility index (Phi) is 6.88. The van der Waals surface area contributed by atoms with Crippen LogP contribution >= 0.6 is 0 Å². The Hall–Kier alpha value is -0.900. The van der Waals surface area contributed by atoms with Crippen molar-refractivity contribution in [2.75, 3.05) is 13.2 Å². The van der Waals surface area contributed by atoms with Gasteiger partial charge in [-0.3, -0.25) is 9.79 Å². The lowest BCUT2D eigenvalue weighted by Crippen LogP contribution is -2.48. The van der Waals surface area contributed by atoms with Gasteiger partial charge in [-0.15, -0.1) is 0 Å². The van der Waals surface area contributed by atoms with E-state index in [0.29, 0.717) is 18.2 Å². The standard InChI is InChI=1S/C16H31NO3/c1-9-20-14(18)10-17-13(5)16(8,19)12(4)15(6,7)11(2)3/h11-12,19H,9-10H2,1-8H3/t12?,16-/m1/s1. The van der Waals surface area contributed by atoms with Crippen LogP contribution in [0.15, 0.2) is 4.99 Å². The van der Waals surface area contributed by atoms with Crippen LogP contribution < -0.4 is 0 Å². The summed E-state index contributed by atoms with van der Waals surface area (Å²) >= 11 is 0. The van der Waals surface area contributed by atoms with Gasteiger partial charge in [0.05, 0.1) is 6.61 Å². The van der Waals surface area contributed by atoms with Crippen LogP contribution in [0, 0.1) is 17.3 Å². The van der Waals surface area contributed by atoms with Gasteiger partial charge in [0.2, 0.25) is 0 Å². The molecule has 0 amide bonds. The first-order chi connectivity index (χ1) is 8.97. The average Bonchev–Trinajstić information content (AvgIpc) is 2.34. The zero-order chi connectivity index (χ0) is 16.1. The number of ether oxygens (including phenoxy) is 1. The topological polar surface area (TPSA) is 58.9 Å². The summed E-state index contributed by atoms with van der Waals surface area (Å²) in [5.41, 5.74) is -0.503. The van der Waals surface area contributed by atoms with Crippen molar-refractivity contribution in [3.63, 3.8) is 0 Å². The van der Waals surface area contributed by atoms with Gasteiger partial charge in [-0.2, -0.15) is 0 Å². The number of esters is 1. The monoisotopic (exact) mass is 285 g/mol. The fourth-order valence-electron chi connectivity index (χ4n) is 2.09. The Balaban J connectivity index is 5.02. The van der Waals surface area contributed by atoms with E-state index in [1.54, 1.807) is 20.8 Å². The summed E-state index contributed by atoms with van der Waals surface area (Å²) in [5.74, 6) is 0.0844. The number of rotatable bonds is 7. The number of aliphatic hydroxyl groups is 1. The molecule has 0 aromatic heterocycles. The van der Waals surface area contributed by atoms with Gasteiger partial charge in [0.1, 0.15) is 12.1 Å². The minimum Gasteiger partial charge on any atom is -0.465 e. The van der Waals surface area contributed by atoms with Gasteiger partial charge >= 0.3 is 5.97 Å². The number of hydrogen-bond acceptors (Lipinski definition) is 4. The number of aliphatic imine (C=N–C) groups is 1. The average molecular weight is 285 g/mol. The zero-order valence-corrected chi connectivity index (χ0v) is 14.3. The lowest BCUT2D eigenvalue weighted by molar-refractivity contribution is -0.141. The maximum absolute atomic E-state index is 11.3. The summed E-state index contributed by atoms with van der Waals surface area (Å²) in [4.78, 5) is 15.5. The van der Waals surface area contributed by atoms with E-state index in [0.717, 1.165) is 0 Å². The highest BCUT2D eigenvalue weighted by molar-refractivity contribution is 5.91. The molecule has 0 radical (unpaired) electrons. The summed E-state index contributed by atoms with van der Waals surface area (Å²) in [6.07, 6.45) is 0. The van der Waals surface area contributed by atoms with Gasteiger partial charge < -0.3 is 9.84 Å². The SMILES string of the molecule is CCOC(=O)CN=C(C)[C@](C)(O)C(C)C(C)(C)C(C)C. The molecule has 20 heavy (non-hydrogen) atoms. The molecule has 0 spiro atoms. The van der Waals surface area contributed by atoms with Crippen molar-refractivity contribution in [3.8, 4) is 0 Å². The van der Waals surface area contributed by atoms with Gasteiger partial charge in [0, 0.05) is 5.71 Å². The molecule has 0 aliphatic rings. The molecule has 0 aromatic rings. The molecule has 0 aliphatic heterocycles. The van der Waals surface area contributed by atoms with Gasteiger partial charge in [-0.05, 0) is 38.0 Å². The minimum absolute atomic E-state index is 0.0148. The lowest BCUT2D eigenvalue weighted by Gasteiger charge is -2.44. The number of carbonyl (C=O) groups is 1. The number of nitrogens with zero attached hydrogens (tertiary/aromatic N) is 1. The summed E-state index contributed by atoms with van der Waals surface area (Å²) < 4.78 is 4.84. The summed E-state index contributed by atoms with van der Waals surface area (Å²) in [6.45, 7) is 16.2. The van der Waals surface area contributed by atoms with Crippen molar-refractivity contribution in [2.45, 2.75) is 61.0 Å². The maximum atomic E-state index is 11.3. The molecule has 0 aliphatic carbocycles. The Morgan fingerprint density at radius 1 is 1.25 bits per heavy atom. The predicted octanol–water partition coefficient (Wildman–Crippen LogP) is 3.08. The number of carbonyl (C=O) groups excluding carboxylic acids is 1. The zero-order valence-electron chi connectivity index (χ0n) is 14.3. The Labute approximate surface area is 123 Å². The molecule has 1 N–H and O–H groups in total. The van der Waals surface area contributed by atoms with E-state index in [4.69, 9.17) is 4.74 Å². The van der Waals surface area contributed by atoms with E-state index >= 15 is 0 Å². The van der Waals surface area contributed by atoms with E-state index in [9.17, 15) is 9.90 Å². The smallest absolute Gasteiger partial charge is 0.327 e. The molecule has 4 heteroatoms. The van der Waals surface area contributed by atoms with Crippen molar-refractivity contribution in [1.82, 2.24) is 0 Å². The molecule has 0 heterocycles. The first-order valence-corrected chi connectivity index (χ1v) is 7.37. The molecule has 4 nitrogen and oxygen atoms in total. The van der Waals surface area contributed by atoms with Crippen molar-refractivity contribution in [1.29, 1.82) is 0 Å². The van der Waals surface area contributed by atoms with Crippen LogP contribution in [0.2, 0.25) is 0 Å². The third-order valence-electron chi connectivity index (χ3n) is 4.93. The Morgan fingerprint density at radius 2 is 1.75 bits per heavy atom. The normalized spacial score (nSPS) is 17.8. The summed E-state index contributed by atoms with van der Waals surface area (Å²) in [6, 6.07) is 0. The van der Waals surface area contributed by atoms with Crippen LogP contribution in [-0.4, -0.2) is 35.5 Å². The fourth-order valence-corrected chi connectivity index (χ4v) is 2.09. The summed E-state index contributed by atoms with van der Waals surface area (Å²) in [5, 5.41) is 10.8. The van der Waals surface area contributed by atoms with Gasteiger partial charge in [-0.1, -0.05) is 34.6 Å². The van der Waals surface area contributed by atoms with Gasteiger partial charge in [0.25, 0.3) is 0 Å². The van der Waals surface area contributed by atoms with Crippen molar-refractivity contribution < 1.29 is 14.6 Å². The second kappa shape index (κ2) is 7.21. The second-order valence-electron chi connectivity index (χ2n) is 6.55. The molecule has 0 saturated heterocycles. The third-order valence-corrected chi connectivity index (χ3v) is 4.93. The molecule has 0 bridgehead atoms. The second-order valence-corrected chi connectivity index (χ2v) is 6.55. The third kappa shape index (κ3) is 4.58. The van der Waals surface area contributed by atoms with Crippen molar-refractivity contribution in [3.05, 3.63) is 0 Å². The Bertz CT molecular complexity index is 357. The van der Waals surface area contributed by atoms with Crippen LogP contribution in [0.4, 0.5) is 0 Å². The predicted molar refractivity (Wildman–Crippen MR) is 83.0 cm³/mol. The highest BCUT2D eigenvalue weighted by atomic mass is 16.5. The van der Waals surface area contributed by atoms with Crippen LogP contribution in [0.5, 0.6) is 0 Å². The molecule has 1 unspecified atom stereocenters. The molecule has 0 fully saturated rings.